The number of halogens is 12. The lowest BCUT2D eigenvalue weighted by Gasteiger charge is -2.25. The zero-order valence-electron chi connectivity index (χ0n) is 71.3. The molecule has 6 N–H and O–H groups in total. The Labute approximate surface area is 721 Å². The van der Waals surface area contributed by atoms with E-state index in [-0.39, 0.29) is 44.5 Å². The Morgan fingerprint density at radius 3 is 1.05 bits per heavy atom. The SMILES string of the molecule is CCN1CC=C(c2cc3c(N[C@H](C)c4cccc(C(F)F)c4F)ncnc3n(C)c2=O)CC1.C[C@@H](Nc1ncnc2c1cc(C1=CCCNC1)c(=O)n2C)c1cccc(C(F)F)c1F.C[C@@H](Nc1ncnc2c1cc(C1=CCNC1)c(=O)n2C)c1cccc(C(F)F)c1F.Cc1nc(N[C@H](C)c2cccc(C(F)F)c2F)c2cc(C3=CCN(C)CC3)c(=O)n(C)c2n1. The second-order valence-electron chi connectivity index (χ2n) is 31.3. The van der Waals surface area contributed by atoms with Crippen LogP contribution in [0, 0.1) is 30.2 Å². The van der Waals surface area contributed by atoms with Crippen LogP contribution in [0.15, 0.2) is 160 Å². The minimum absolute atomic E-state index is 0.104. The number of nitrogens with zero attached hydrogens (tertiary/aromatic N) is 14. The topological polar surface area (TPSA) is 270 Å². The van der Waals surface area contributed by atoms with Gasteiger partial charge in [0, 0.05) is 119 Å². The molecule has 0 saturated heterocycles. The van der Waals surface area contributed by atoms with Crippen LogP contribution in [0.3, 0.4) is 0 Å². The van der Waals surface area contributed by atoms with Gasteiger partial charge in [0.2, 0.25) is 0 Å². The monoisotopic (exact) mass is 1760 g/mol. The molecular weight excluding hydrogens is 1670 g/mol. The molecule has 12 aromatic rings. The Morgan fingerprint density at radius 2 is 0.724 bits per heavy atom. The first-order chi connectivity index (χ1) is 60.7. The van der Waals surface area contributed by atoms with Gasteiger partial charge in [-0.2, -0.15) is 0 Å². The quantitative estimate of drug-likeness (QED) is 0.0365. The number of alkyl halides is 8. The van der Waals surface area contributed by atoms with E-state index in [1.54, 1.807) is 87.1 Å². The molecule has 36 heteroatoms. The number of rotatable bonds is 21. The second-order valence-corrected chi connectivity index (χ2v) is 31.3. The largest absolute Gasteiger partial charge is 0.363 e. The summed E-state index contributed by atoms with van der Waals surface area (Å²) in [4.78, 5) is 90.7. The highest BCUT2D eigenvalue weighted by atomic mass is 19.3. The van der Waals surface area contributed by atoms with Gasteiger partial charge in [-0.25, -0.2) is 92.6 Å². The molecule has 4 aliphatic heterocycles. The van der Waals surface area contributed by atoms with Crippen LogP contribution < -0.4 is 54.1 Å². The highest BCUT2D eigenvalue weighted by Gasteiger charge is 2.29. The summed E-state index contributed by atoms with van der Waals surface area (Å²) in [5.74, 6) is -1.74. The number of aryl methyl sites for hydroxylation is 5. The number of aromatic nitrogens is 12. The summed E-state index contributed by atoms with van der Waals surface area (Å²) in [6, 6.07) is 20.2. The van der Waals surface area contributed by atoms with Crippen molar-refractivity contribution in [2.45, 2.75) is 111 Å². The van der Waals surface area contributed by atoms with Crippen LogP contribution in [-0.4, -0.2) is 134 Å². The molecule has 12 heterocycles. The number of nitrogens with one attached hydrogen (secondary N) is 6. The summed E-state index contributed by atoms with van der Waals surface area (Å²) < 4.78 is 169. The van der Waals surface area contributed by atoms with Gasteiger partial charge in [0.15, 0.2) is 0 Å². The number of pyridine rings is 4. The van der Waals surface area contributed by atoms with Gasteiger partial charge in [-0.05, 0) is 121 Å². The Kier molecular flexibility index (Phi) is 28.8. The van der Waals surface area contributed by atoms with Gasteiger partial charge in [0.05, 0.1) is 68.0 Å². The van der Waals surface area contributed by atoms with E-state index in [1.165, 1.54) is 85.8 Å². The molecule has 24 nitrogen and oxygen atoms in total. The Morgan fingerprint density at radius 1 is 0.394 bits per heavy atom. The van der Waals surface area contributed by atoms with E-state index < -0.39 is 95.4 Å². The Bertz CT molecular complexity index is 6550. The third-order valence-corrected chi connectivity index (χ3v) is 23.0. The van der Waals surface area contributed by atoms with E-state index in [9.17, 15) is 71.9 Å². The van der Waals surface area contributed by atoms with Gasteiger partial charge < -0.3 is 36.8 Å². The summed E-state index contributed by atoms with van der Waals surface area (Å²) in [6.07, 6.45) is 2.75. The number of likely N-dealkylation sites (N-methyl/N-ethyl adjacent to an activating group) is 2. The molecule has 666 valence electrons. The van der Waals surface area contributed by atoms with E-state index in [2.05, 4.69) is 94.6 Å². The highest BCUT2D eigenvalue weighted by molar-refractivity contribution is 5.93. The van der Waals surface area contributed by atoms with E-state index in [1.807, 2.05) is 25.3 Å². The number of hydrogen-bond donors (Lipinski definition) is 6. The molecule has 0 bridgehead atoms. The molecule has 4 aliphatic rings. The second kappa shape index (κ2) is 39.8. The van der Waals surface area contributed by atoms with Gasteiger partial charge in [-0.15, -0.1) is 0 Å². The first-order valence-electron chi connectivity index (χ1n) is 41.1. The molecule has 0 amide bonds. The standard InChI is InChI=1S/2C24H26F3N5O.C22H22F3N5O.C21H20F3N5O/c1-13(16-6-5-7-17(20(16)25)21(26)27)28-22-19-12-18(15-8-10-31(3)11-9-15)24(33)32(4)23(19)30-14(2)29-22;1-4-32-10-8-15(9-11-32)18-12-19-22(28-13-29-23(19)31(3)24(18)33)30-14(2)16-6-5-7-17(20(16)25)21(26)27;1-12(14-6-3-7-15(18(14)23)19(24)25)29-20-17-9-16(13-5-4-8-26-10-13)22(31)30(2)21(17)28-11-27-20;1-11(13-4-3-5-14(17(13)22)18(23)24)28-19-16-8-15(12-6-7-25-9-12)21(30)29(2)20(16)27-10-26-19/h5-8,12-13,21H,9-11H2,1-4H3,(H,28,29,30);5-8,12-14,21H,4,9-11H2,1-3H3,(H,28,29,30);3,5-7,9,11-12,19,26H,4,8,10H2,1-2H3,(H,27,28,29);3-6,8,10-11,18,25H,7,9H2,1-2H3,(H,26,27,28)/t13-;14-;12-;11-/m1111/s1. The van der Waals surface area contributed by atoms with E-state index >= 15 is 0 Å². The molecule has 4 atom stereocenters. The van der Waals surface area contributed by atoms with Crippen LogP contribution in [-0.2, 0) is 28.2 Å². The van der Waals surface area contributed by atoms with Crippen molar-refractivity contribution in [2.24, 2.45) is 28.2 Å². The van der Waals surface area contributed by atoms with Crippen molar-refractivity contribution in [3.05, 3.63) is 278 Å². The summed E-state index contributed by atoms with van der Waals surface area (Å²) in [5.41, 5.74) is 4.91. The van der Waals surface area contributed by atoms with Crippen molar-refractivity contribution in [3.63, 3.8) is 0 Å². The molecule has 0 unspecified atom stereocenters. The molecule has 0 radical (unpaired) electrons. The fourth-order valence-electron chi connectivity index (χ4n) is 15.8. The van der Waals surface area contributed by atoms with Crippen molar-refractivity contribution in [3.8, 4) is 0 Å². The van der Waals surface area contributed by atoms with Crippen LogP contribution in [0.1, 0.15) is 176 Å². The minimum Gasteiger partial charge on any atom is -0.363 e. The highest BCUT2D eigenvalue weighted by Crippen LogP contribution is 2.38. The molecule has 0 fully saturated rings. The smallest absolute Gasteiger partial charge is 0.266 e. The molecule has 0 saturated carbocycles. The number of hydrogen-bond acceptors (Lipinski definition) is 20. The summed E-state index contributed by atoms with van der Waals surface area (Å²) in [6.45, 7) is 17.4. The average molecular weight is 1760 g/mol. The van der Waals surface area contributed by atoms with Crippen LogP contribution >= 0.6 is 0 Å². The lowest BCUT2D eigenvalue weighted by atomic mass is 9.99. The molecule has 0 spiro atoms. The van der Waals surface area contributed by atoms with Crippen LogP contribution in [0.25, 0.3) is 66.4 Å². The Hall–Kier alpha value is -12.8. The third kappa shape index (κ3) is 19.8. The molecule has 0 aliphatic carbocycles. The Balaban J connectivity index is 0.000000145. The van der Waals surface area contributed by atoms with E-state index in [4.69, 9.17) is 0 Å². The first-order valence-corrected chi connectivity index (χ1v) is 41.1. The zero-order valence-corrected chi connectivity index (χ0v) is 71.3. The maximum absolute atomic E-state index is 14.7. The summed E-state index contributed by atoms with van der Waals surface area (Å²) in [7, 11) is 8.60. The van der Waals surface area contributed by atoms with Crippen molar-refractivity contribution in [1.29, 1.82) is 0 Å². The van der Waals surface area contributed by atoms with Gasteiger partial charge in [-0.1, -0.05) is 104 Å². The van der Waals surface area contributed by atoms with E-state index in [0.717, 1.165) is 105 Å². The zero-order chi connectivity index (χ0) is 91.1. The lowest BCUT2D eigenvalue weighted by molar-refractivity contribution is 0.145. The predicted octanol–water partition coefficient (Wildman–Crippen LogP) is 16.8. The molecule has 127 heavy (non-hydrogen) atoms. The maximum atomic E-state index is 14.7. The van der Waals surface area contributed by atoms with Crippen LogP contribution in [0.2, 0.25) is 0 Å². The van der Waals surface area contributed by atoms with Gasteiger partial charge >= 0.3 is 0 Å². The number of anilines is 4. The molecule has 16 rings (SSSR count). The van der Waals surface area contributed by atoms with Gasteiger partial charge in [0.25, 0.3) is 47.9 Å². The van der Waals surface area contributed by atoms with Crippen molar-refractivity contribution < 1.29 is 52.7 Å². The fourth-order valence-corrected chi connectivity index (χ4v) is 15.8. The van der Waals surface area contributed by atoms with Crippen molar-refractivity contribution >= 4 is 89.7 Å². The minimum atomic E-state index is -2.90. The third-order valence-electron chi connectivity index (χ3n) is 23.0. The van der Waals surface area contributed by atoms with Crippen LogP contribution in [0.5, 0.6) is 0 Å². The lowest BCUT2D eigenvalue weighted by Crippen LogP contribution is -2.30. The van der Waals surface area contributed by atoms with Gasteiger partial charge in [0.1, 0.15) is 93.9 Å². The summed E-state index contributed by atoms with van der Waals surface area (Å²) >= 11 is 0. The number of fused-ring (bicyclic) bond motifs is 4. The fraction of sp³-hybridized carbons (Fsp3) is 0.341. The van der Waals surface area contributed by atoms with Crippen LogP contribution in [0.4, 0.5) is 76.0 Å². The first kappa shape index (κ1) is 91.9. The molecule has 8 aromatic heterocycles. The van der Waals surface area contributed by atoms with Crippen molar-refractivity contribution in [1.82, 2.24) is 78.6 Å². The number of benzene rings is 4. The summed E-state index contributed by atoms with van der Waals surface area (Å²) in [5, 5.41) is 21.3. The maximum Gasteiger partial charge on any atom is 0.266 e. The predicted molar refractivity (Wildman–Crippen MR) is 469 cm³/mol. The normalized spacial score (nSPS) is 15.4. The average Bonchev–Trinajstić information content (AvgIpc) is 1.45. The van der Waals surface area contributed by atoms with Crippen molar-refractivity contribution in [2.75, 3.05) is 87.2 Å². The molecule has 4 aromatic carbocycles. The molecular formula is C91H94F12N20O4. The van der Waals surface area contributed by atoms with E-state index in [0.29, 0.717) is 115 Å². The van der Waals surface area contributed by atoms with Gasteiger partial charge in [-0.3, -0.25) is 42.3 Å².